The Morgan fingerprint density at radius 2 is 1.89 bits per heavy atom. The molecule has 1 atom stereocenters. The van der Waals surface area contributed by atoms with Crippen molar-refractivity contribution in [3.63, 3.8) is 0 Å². The molecular formula is C17H28N2. The predicted octanol–water partition coefficient (Wildman–Crippen LogP) is 3.98. The minimum atomic E-state index is 0.0705. The fraction of sp³-hybridized carbons (Fsp3) is 0.588. The molecule has 0 aromatic carbocycles. The molecule has 106 valence electrons. The van der Waals surface area contributed by atoms with Crippen molar-refractivity contribution in [1.82, 2.24) is 10.3 Å². The van der Waals surface area contributed by atoms with Crippen LogP contribution >= 0.6 is 0 Å². The van der Waals surface area contributed by atoms with Crippen LogP contribution in [0.15, 0.2) is 36.7 Å². The molecule has 1 unspecified atom stereocenters. The lowest BCUT2D eigenvalue weighted by molar-refractivity contribution is 0.343. The lowest BCUT2D eigenvalue weighted by atomic mass is 9.80. The molecular weight excluding hydrogens is 232 g/mol. The molecule has 2 heteroatoms. The van der Waals surface area contributed by atoms with Gasteiger partial charge >= 0.3 is 0 Å². The van der Waals surface area contributed by atoms with Gasteiger partial charge in [-0.3, -0.25) is 4.98 Å². The maximum absolute atomic E-state index is 4.32. The number of pyridine rings is 1. The van der Waals surface area contributed by atoms with E-state index in [1.807, 2.05) is 18.5 Å². The van der Waals surface area contributed by atoms with Crippen LogP contribution in [0.25, 0.3) is 0 Å². The molecule has 2 nitrogen and oxygen atoms in total. The zero-order chi connectivity index (χ0) is 14.7. The van der Waals surface area contributed by atoms with Gasteiger partial charge in [-0.15, -0.1) is 0 Å². The molecule has 1 heterocycles. The van der Waals surface area contributed by atoms with Crippen molar-refractivity contribution >= 4 is 0 Å². The molecule has 0 aliphatic heterocycles. The van der Waals surface area contributed by atoms with E-state index in [1.165, 1.54) is 11.1 Å². The Morgan fingerprint density at radius 3 is 2.32 bits per heavy atom. The molecule has 0 amide bonds. The van der Waals surface area contributed by atoms with Gasteiger partial charge in [0.25, 0.3) is 0 Å². The van der Waals surface area contributed by atoms with Gasteiger partial charge < -0.3 is 5.32 Å². The van der Waals surface area contributed by atoms with Gasteiger partial charge in [0, 0.05) is 24.0 Å². The summed E-state index contributed by atoms with van der Waals surface area (Å²) in [7, 11) is 0. The topological polar surface area (TPSA) is 24.9 Å². The monoisotopic (exact) mass is 260 g/mol. The molecule has 0 saturated heterocycles. The van der Waals surface area contributed by atoms with E-state index in [2.05, 4.69) is 64.5 Å². The van der Waals surface area contributed by atoms with Gasteiger partial charge in [-0.2, -0.15) is 0 Å². The van der Waals surface area contributed by atoms with Crippen molar-refractivity contribution in [3.8, 4) is 0 Å². The van der Waals surface area contributed by atoms with Crippen molar-refractivity contribution in [1.29, 1.82) is 0 Å². The molecule has 0 spiro atoms. The molecule has 0 radical (unpaired) electrons. The third kappa shape index (κ3) is 5.56. The van der Waals surface area contributed by atoms with Crippen molar-refractivity contribution in [2.24, 2.45) is 5.41 Å². The zero-order valence-electron chi connectivity index (χ0n) is 13.2. The Hall–Kier alpha value is -1.15. The van der Waals surface area contributed by atoms with Crippen LogP contribution in [0.5, 0.6) is 0 Å². The van der Waals surface area contributed by atoms with Crippen molar-refractivity contribution in [2.45, 2.75) is 59.5 Å². The van der Waals surface area contributed by atoms with Gasteiger partial charge in [-0.05, 0) is 44.2 Å². The highest BCUT2D eigenvalue weighted by Crippen LogP contribution is 2.28. The average molecular weight is 260 g/mol. The first-order valence-electron chi connectivity index (χ1n) is 6.95. The molecule has 0 aliphatic carbocycles. The van der Waals surface area contributed by atoms with E-state index in [0.29, 0.717) is 0 Å². The Bertz CT molecular complexity index is 407. The van der Waals surface area contributed by atoms with Crippen molar-refractivity contribution < 1.29 is 0 Å². The van der Waals surface area contributed by atoms with E-state index < -0.39 is 0 Å². The van der Waals surface area contributed by atoms with E-state index in [4.69, 9.17) is 0 Å². The van der Waals surface area contributed by atoms with Crippen LogP contribution in [0, 0.1) is 5.41 Å². The van der Waals surface area contributed by atoms with Crippen LogP contribution in [-0.2, 0) is 6.42 Å². The SMILES string of the molecule is C=C(C(Cc1cccnc1)NC(C)(C)C)C(C)(C)C. The lowest BCUT2D eigenvalue weighted by Gasteiger charge is -2.35. The van der Waals surface area contributed by atoms with Crippen LogP contribution < -0.4 is 5.32 Å². The quantitative estimate of drug-likeness (QED) is 0.828. The highest BCUT2D eigenvalue weighted by atomic mass is 15.0. The van der Waals surface area contributed by atoms with Gasteiger partial charge in [0.15, 0.2) is 0 Å². The maximum Gasteiger partial charge on any atom is 0.0327 e. The van der Waals surface area contributed by atoms with Crippen LogP contribution in [0.2, 0.25) is 0 Å². The lowest BCUT2D eigenvalue weighted by Crippen LogP contribution is -2.47. The van der Waals surface area contributed by atoms with Gasteiger partial charge in [-0.25, -0.2) is 0 Å². The Labute approximate surface area is 118 Å². The summed E-state index contributed by atoms with van der Waals surface area (Å²) in [4.78, 5) is 4.20. The van der Waals surface area contributed by atoms with Gasteiger partial charge in [-0.1, -0.05) is 39.0 Å². The van der Waals surface area contributed by atoms with Gasteiger partial charge in [0.1, 0.15) is 0 Å². The van der Waals surface area contributed by atoms with Crippen LogP contribution in [-0.4, -0.2) is 16.6 Å². The number of nitrogens with one attached hydrogen (secondary N) is 1. The standard InChI is InChI=1S/C17H28N2/c1-13(16(2,3)4)15(19-17(5,6)7)11-14-9-8-10-18-12-14/h8-10,12,15,19H,1,11H2,2-7H3. The highest BCUT2D eigenvalue weighted by Gasteiger charge is 2.26. The predicted molar refractivity (Wildman–Crippen MR) is 83.2 cm³/mol. The second kappa shape index (κ2) is 5.87. The summed E-state index contributed by atoms with van der Waals surface area (Å²) in [6.07, 6.45) is 4.68. The Balaban J connectivity index is 2.90. The first kappa shape index (κ1) is 15.9. The molecule has 0 saturated carbocycles. The molecule has 0 fully saturated rings. The molecule has 1 aromatic heterocycles. The number of rotatable bonds is 4. The summed E-state index contributed by atoms with van der Waals surface area (Å²) in [5, 5.41) is 3.68. The zero-order valence-corrected chi connectivity index (χ0v) is 13.2. The number of hydrogen-bond acceptors (Lipinski definition) is 2. The highest BCUT2D eigenvalue weighted by molar-refractivity contribution is 5.20. The number of hydrogen-bond donors (Lipinski definition) is 1. The Morgan fingerprint density at radius 1 is 1.26 bits per heavy atom. The van der Waals surface area contributed by atoms with Crippen molar-refractivity contribution in [2.75, 3.05) is 0 Å². The molecule has 1 N–H and O–H groups in total. The summed E-state index contributed by atoms with van der Waals surface area (Å²) in [6.45, 7) is 17.6. The van der Waals surface area contributed by atoms with Gasteiger partial charge in [0.05, 0.1) is 0 Å². The van der Waals surface area contributed by atoms with Crippen molar-refractivity contribution in [3.05, 3.63) is 42.2 Å². The second-order valence-corrected chi connectivity index (χ2v) is 7.29. The van der Waals surface area contributed by atoms with E-state index >= 15 is 0 Å². The van der Waals surface area contributed by atoms with E-state index in [9.17, 15) is 0 Å². The third-order valence-electron chi connectivity index (χ3n) is 3.15. The van der Waals surface area contributed by atoms with E-state index in [1.54, 1.807) is 0 Å². The van der Waals surface area contributed by atoms with E-state index in [0.717, 1.165) is 6.42 Å². The smallest absolute Gasteiger partial charge is 0.0327 e. The summed E-state index contributed by atoms with van der Waals surface area (Å²) in [5.74, 6) is 0. The minimum Gasteiger partial charge on any atom is -0.305 e. The Kier molecular flexibility index (Phi) is 4.92. The van der Waals surface area contributed by atoms with E-state index in [-0.39, 0.29) is 17.0 Å². The molecule has 19 heavy (non-hydrogen) atoms. The fourth-order valence-corrected chi connectivity index (χ4v) is 2.06. The number of nitrogens with zero attached hydrogens (tertiary/aromatic N) is 1. The third-order valence-corrected chi connectivity index (χ3v) is 3.15. The summed E-state index contributed by atoms with van der Waals surface area (Å²) >= 11 is 0. The number of aromatic nitrogens is 1. The molecule has 1 aromatic rings. The summed E-state index contributed by atoms with van der Waals surface area (Å²) < 4.78 is 0. The summed E-state index contributed by atoms with van der Waals surface area (Å²) in [5.41, 5.74) is 2.66. The second-order valence-electron chi connectivity index (χ2n) is 7.29. The average Bonchev–Trinajstić information content (AvgIpc) is 2.25. The first-order chi connectivity index (χ1) is 8.59. The van der Waals surface area contributed by atoms with Crippen LogP contribution in [0.1, 0.15) is 47.1 Å². The largest absolute Gasteiger partial charge is 0.305 e. The fourth-order valence-electron chi connectivity index (χ4n) is 2.06. The maximum atomic E-state index is 4.32. The molecule has 0 aliphatic rings. The first-order valence-corrected chi connectivity index (χ1v) is 6.95. The van der Waals surface area contributed by atoms with Gasteiger partial charge in [0.2, 0.25) is 0 Å². The summed E-state index contributed by atoms with van der Waals surface area (Å²) in [6, 6.07) is 4.38. The van der Waals surface area contributed by atoms with Crippen LogP contribution in [0.4, 0.5) is 0 Å². The normalized spacial score (nSPS) is 14.2. The molecule has 0 bridgehead atoms. The minimum absolute atomic E-state index is 0.0705. The molecule has 1 rings (SSSR count). The van der Waals surface area contributed by atoms with Crippen LogP contribution in [0.3, 0.4) is 0 Å².